The van der Waals surface area contributed by atoms with Gasteiger partial charge in [0.2, 0.25) is 0 Å². The van der Waals surface area contributed by atoms with E-state index in [1.165, 1.54) is 5.56 Å². The van der Waals surface area contributed by atoms with E-state index < -0.39 is 11.1 Å². The number of rotatable bonds is 1. The summed E-state index contributed by atoms with van der Waals surface area (Å²) >= 11 is -1.70. The van der Waals surface area contributed by atoms with Crippen LogP contribution in [0, 0.1) is 0 Å². The minimum absolute atomic E-state index is 0. The number of aryl methyl sites for hydroxylation is 1. The van der Waals surface area contributed by atoms with Gasteiger partial charge in [-0.3, -0.25) is 0 Å². The Bertz CT molecular complexity index is 327. The van der Waals surface area contributed by atoms with Gasteiger partial charge in [-0.1, -0.05) is 24.3 Å². The second-order valence-electron chi connectivity index (χ2n) is 3.00. The Hall–Kier alpha value is 0.330. The first kappa shape index (κ1) is 11.4. The third-order valence-electron chi connectivity index (χ3n) is 2.32. The Morgan fingerprint density at radius 2 is 2.08 bits per heavy atom. The molecule has 13 heavy (non-hydrogen) atoms. The molecule has 0 fully saturated rings. The zero-order chi connectivity index (χ0) is 8.55. The third-order valence-corrected chi connectivity index (χ3v) is 3.30. The van der Waals surface area contributed by atoms with Crippen molar-refractivity contribution >= 4 is 40.6 Å². The van der Waals surface area contributed by atoms with Crippen LogP contribution in [0.25, 0.3) is 0 Å². The normalized spacial score (nSPS) is 21.8. The van der Waals surface area contributed by atoms with Crippen LogP contribution in [-0.2, 0) is 17.5 Å². The molecule has 2 unspecified atom stereocenters. The summed E-state index contributed by atoms with van der Waals surface area (Å²) in [5, 5.41) is -0.152. The van der Waals surface area contributed by atoms with E-state index in [0.717, 1.165) is 18.4 Å². The average molecular weight is 206 g/mol. The van der Waals surface area contributed by atoms with Crippen LogP contribution >= 0.6 is 0 Å². The molecule has 0 aliphatic heterocycles. The second kappa shape index (κ2) is 4.71. The quantitative estimate of drug-likeness (QED) is 0.554. The standard InChI is InChI=1S/C9H10O2S.Na.H/c10-12(11)9-6-5-7-3-1-2-4-8(7)9;;/h1-4,9H,5-6H2,(H,10,11);;. The zero-order valence-corrected chi connectivity index (χ0v) is 7.38. The third kappa shape index (κ3) is 2.22. The van der Waals surface area contributed by atoms with Crippen molar-refractivity contribution in [3.05, 3.63) is 35.4 Å². The molecule has 1 aromatic rings. The molecule has 0 heterocycles. The van der Waals surface area contributed by atoms with E-state index in [1.807, 2.05) is 24.3 Å². The minimum atomic E-state index is -1.70. The topological polar surface area (TPSA) is 37.3 Å². The van der Waals surface area contributed by atoms with Crippen molar-refractivity contribution in [2.75, 3.05) is 0 Å². The molecular weight excluding hydrogens is 195 g/mol. The van der Waals surface area contributed by atoms with Gasteiger partial charge < -0.3 is 4.55 Å². The molecule has 2 rings (SSSR count). The molecule has 2 atom stereocenters. The second-order valence-corrected chi connectivity index (χ2v) is 4.12. The molecule has 4 heteroatoms. The number of hydrogen-bond donors (Lipinski definition) is 1. The summed E-state index contributed by atoms with van der Waals surface area (Å²) in [7, 11) is 0. The summed E-state index contributed by atoms with van der Waals surface area (Å²) in [5.74, 6) is 0. The summed E-state index contributed by atoms with van der Waals surface area (Å²) in [5.41, 5.74) is 2.28. The van der Waals surface area contributed by atoms with E-state index in [-0.39, 0.29) is 34.8 Å². The molecule has 66 valence electrons. The molecule has 1 aliphatic rings. The van der Waals surface area contributed by atoms with Gasteiger partial charge in [0.1, 0.15) is 0 Å². The van der Waals surface area contributed by atoms with Crippen LogP contribution in [0.4, 0.5) is 0 Å². The Balaban J connectivity index is 0.000000845. The van der Waals surface area contributed by atoms with Gasteiger partial charge in [-0.05, 0) is 24.0 Å². The van der Waals surface area contributed by atoms with E-state index in [9.17, 15) is 4.21 Å². The fraction of sp³-hybridized carbons (Fsp3) is 0.333. The molecule has 1 aromatic carbocycles. The van der Waals surface area contributed by atoms with Crippen LogP contribution < -0.4 is 0 Å². The van der Waals surface area contributed by atoms with Crippen LogP contribution in [0.1, 0.15) is 22.8 Å². The van der Waals surface area contributed by atoms with Gasteiger partial charge in [0.25, 0.3) is 0 Å². The molecule has 1 N–H and O–H groups in total. The van der Waals surface area contributed by atoms with Crippen LogP contribution in [0.2, 0.25) is 0 Å². The molecule has 1 aliphatic carbocycles. The monoisotopic (exact) mass is 206 g/mol. The van der Waals surface area contributed by atoms with E-state index in [4.69, 9.17) is 4.55 Å². The van der Waals surface area contributed by atoms with Crippen molar-refractivity contribution in [1.82, 2.24) is 0 Å². The van der Waals surface area contributed by atoms with Crippen molar-refractivity contribution in [1.29, 1.82) is 0 Å². The molecule has 0 bridgehead atoms. The van der Waals surface area contributed by atoms with Crippen LogP contribution in [0.15, 0.2) is 24.3 Å². The van der Waals surface area contributed by atoms with Crippen molar-refractivity contribution < 1.29 is 8.76 Å². The van der Waals surface area contributed by atoms with Crippen LogP contribution in [-0.4, -0.2) is 38.3 Å². The number of benzene rings is 1. The molecular formula is C9H11NaO2S. The Kier molecular flexibility index (Phi) is 4.13. The molecule has 0 spiro atoms. The van der Waals surface area contributed by atoms with Crippen LogP contribution in [0.3, 0.4) is 0 Å². The first-order chi connectivity index (χ1) is 5.79. The van der Waals surface area contributed by atoms with Crippen molar-refractivity contribution in [3.8, 4) is 0 Å². The van der Waals surface area contributed by atoms with Gasteiger partial charge in [0.05, 0.1) is 5.25 Å². The summed E-state index contributed by atoms with van der Waals surface area (Å²) in [6.07, 6.45) is 1.75. The first-order valence-electron chi connectivity index (χ1n) is 3.96. The van der Waals surface area contributed by atoms with Gasteiger partial charge in [0, 0.05) is 0 Å². The van der Waals surface area contributed by atoms with Crippen LogP contribution in [0.5, 0.6) is 0 Å². The maximum absolute atomic E-state index is 10.9. The predicted molar refractivity (Wildman–Crippen MR) is 55.4 cm³/mol. The SMILES string of the molecule is O=S(O)C1CCc2ccccc21.[NaH]. The fourth-order valence-electron chi connectivity index (χ4n) is 1.73. The molecule has 0 radical (unpaired) electrons. The van der Waals surface area contributed by atoms with Crippen molar-refractivity contribution in [2.45, 2.75) is 18.1 Å². The summed E-state index contributed by atoms with van der Waals surface area (Å²) in [6, 6.07) is 7.87. The van der Waals surface area contributed by atoms with E-state index >= 15 is 0 Å². The predicted octanol–water partition coefficient (Wildman–Crippen LogP) is 1.25. The summed E-state index contributed by atoms with van der Waals surface area (Å²) < 4.78 is 19.8. The van der Waals surface area contributed by atoms with E-state index in [0.29, 0.717) is 0 Å². The van der Waals surface area contributed by atoms with Crippen molar-refractivity contribution in [2.24, 2.45) is 0 Å². The van der Waals surface area contributed by atoms with Gasteiger partial charge in [-0.2, -0.15) is 0 Å². The van der Waals surface area contributed by atoms with Gasteiger partial charge in [-0.15, -0.1) is 0 Å². The van der Waals surface area contributed by atoms with E-state index in [2.05, 4.69) is 0 Å². The molecule has 0 saturated carbocycles. The molecule has 2 nitrogen and oxygen atoms in total. The van der Waals surface area contributed by atoms with Gasteiger partial charge >= 0.3 is 29.6 Å². The number of fused-ring (bicyclic) bond motifs is 1. The first-order valence-corrected chi connectivity index (χ1v) is 5.13. The Morgan fingerprint density at radius 3 is 2.77 bits per heavy atom. The number of hydrogen-bond acceptors (Lipinski definition) is 1. The molecule has 0 aromatic heterocycles. The van der Waals surface area contributed by atoms with Gasteiger partial charge in [0.15, 0.2) is 11.1 Å². The van der Waals surface area contributed by atoms with Crippen molar-refractivity contribution in [3.63, 3.8) is 0 Å². The maximum atomic E-state index is 10.9. The zero-order valence-electron chi connectivity index (χ0n) is 6.56. The average Bonchev–Trinajstić information content (AvgIpc) is 2.47. The molecule has 0 saturated heterocycles. The molecule has 0 amide bonds. The summed E-state index contributed by atoms with van der Waals surface area (Å²) in [6.45, 7) is 0. The Labute approximate surface area is 102 Å². The fourth-order valence-corrected chi connectivity index (χ4v) is 2.49. The van der Waals surface area contributed by atoms with Gasteiger partial charge in [-0.25, -0.2) is 4.21 Å². The Morgan fingerprint density at radius 1 is 1.38 bits per heavy atom. The summed E-state index contributed by atoms with van der Waals surface area (Å²) in [4.78, 5) is 0. The van der Waals surface area contributed by atoms with E-state index in [1.54, 1.807) is 0 Å².